The second kappa shape index (κ2) is 9.43. The van der Waals surface area contributed by atoms with E-state index in [1.807, 2.05) is 30.1 Å². The molecule has 0 atom stereocenters. The molecule has 2 saturated heterocycles. The number of anilines is 2. The van der Waals surface area contributed by atoms with Crippen molar-refractivity contribution >= 4 is 28.3 Å². The van der Waals surface area contributed by atoms with Crippen LogP contribution in [0.5, 0.6) is 0 Å². The Morgan fingerprint density at radius 3 is 2.31 bits per heavy atom. The van der Waals surface area contributed by atoms with E-state index in [1.165, 1.54) is 11.3 Å². The number of hydrogen-bond donors (Lipinski definition) is 1. The number of fused-ring (bicyclic) bond motifs is 1. The number of nitrogens with one attached hydrogen (secondary N) is 1. The lowest BCUT2D eigenvalue weighted by molar-refractivity contribution is 0.101. The summed E-state index contributed by atoms with van der Waals surface area (Å²) in [6.07, 6.45) is 8.54. The smallest absolute Gasteiger partial charge is 0.159 e. The van der Waals surface area contributed by atoms with Gasteiger partial charge in [0.2, 0.25) is 0 Å². The van der Waals surface area contributed by atoms with Gasteiger partial charge in [-0.25, -0.2) is 4.98 Å². The van der Waals surface area contributed by atoms with Crippen molar-refractivity contribution in [1.82, 2.24) is 24.6 Å². The molecule has 0 radical (unpaired) electrons. The summed E-state index contributed by atoms with van der Waals surface area (Å²) in [6, 6.07) is 12.4. The van der Waals surface area contributed by atoms with E-state index in [2.05, 4.69) is 61.4 Å². The number of carbonyl (C=O) groups is 1. The fourth-order valence-electron chi connectivity index (χ4n) is 5.57. The predicted octanol–water partition coefficient (Wildman–Crippen LogP) is 3.76. The van der Waals surface area contributed by atoms with Gasteiger partial charge in [0, 0.05) is 56.9 Å². The molecule has 0 saturated carbocycles. The van der Waals surface area contributed by atoms with Gasteiger partial charge in [0.25, 0.3) is 0 Å². The third kappa shape index (κ3) is 4.26. The molecule has 4 aromatic rings. The summed E-state index contributed by atoms with van der Waals surface area (Å²) in [6.45, 7) is 7.41. The van der Waals surface area contributed by atoms with Crippen molar-refractivity contribution in [3.05, 3.63) is 66.1 Å². The maximum atomic E-state index is 11.6. The highest BCUT2D eigenvalue weighted by Crippen LogP contribution is 2.35. The molecule has 186 valence electrons. The second-order valence-corrected chi connectivity index (χ2v) is 9.97. The fourth-order valence-corrected chi connectivity index (χ4v) is 5.57. The van der Waals surface area contributed by atoms with Gasteiger partial charge in [-0.15, -0.1) is 0 Å². The van der Waals surface area contributed by atoms with Gasteiger partial charge >= 0.3 is 0 Å². The number of piperazine rings is 1. The molecule has 1 aromatic carbocycles. The lowest BCUT2D eigenvalue weighted by atomic mass is 9.91. The molecule has 0 unspecified atom stereocenters. The molecule has 5 heterocycles. The number of benzene rings is 1. The van der Waals surface area contributed by atoms with Crippen molar-refractivity contribution in [2.45, 2.75) is 25.7 Å². The molecule has 0 bridgehead atoms. The van der Waals surface area contributed by atoms with Gasteiger partial charge in [0.1, 0.15) is 5.82 Å². The first-order valence-corrected chi connectivity index (χ1v) is 12.9. The number of rotatable bonds is 5. The molecule has 2 aliphatic rings. The average molecular weight is 484 g/mol. The summed E-state index contributed by atoms with van der Waals surface area (Å²) in [5, 5.41) is 7.89. The maximum absolute atomic E-state index is 11.6. The summed E-state index contributed by atoms with van der Waals surface area (Å²) in [7, 11) is 1.95. The van der Waals surface area contributed by atoms with E-state index < -0.39 is 0 Å². The lowest BCUT2D eigenvalue weighted by Crippen LogP contribution is -2.46. The van der Waals surface area contributed by atoms with Gasteiger partial charge in [-0.1, -0.05) is 0 Å². The Labute approximate surface area is 211 Å². The van der Waals surface area contributed by atoms with E-state index in [0.717, 1.165) is 80.2 Å². The van der Waals surface area contributed by atoms with Crippen molar-refractivity contribution in [2.24, 2.45) is 7.05 Å². The standard InChI is InChI=1S/C28H33N7O/c1-20(36)21-3-5-23(6-4-21)33-13-15-34(16-14-33)27-8-7-26-28(31-27)25(22-9-11-29-12-10-22)19-35(26)24-17-30-32(2)18-24/h3-8,17-19,22,29H,9-16H2,1-2H3. The zero-order valence-electron chi connectivity index (χ0n) is 21.0. The van der Waals surface area contributed by atoms with Crippen LogP contribution < -0.4 is 15.1 Å². The number of aryl methyl sites for hydroxylation is 1. The van der Waals surface area contributed by atoms with Gasteiger partial charge < -0.3 is 19.7 Å². The average Bonchev–Trinajstić information content (AvgIpc) is 3.52. The van der Waals surface area contributed by atoms with Crippen LogP contribution in [0.15, 0.2) is 55.0 Å². The molecular formula is C28H33N7O. The SMILES string of the molecule is CC(=O)c1ccc(N2CCN(c3ccc4c(n3)c(C3CCNCC3)cn4-c3cnn(C)c3)CC2)cc1. The van der Waals surface area contributed by atoms with E-state index in [4.69, 9.17) is 4.98 Å². The number of pyridine rings is 1. The van der Waals surface area contributed by atoms with Crippen molar-refractivity contribution in [1.29, 1.82) is 0 Å². The zero-order valence-corrected chi connectivity index (χ0v) is 21.0. The van der Waals surface area contributed by atoms with Crippen LogP contribution in [0.2, 0.25) is 0 Å². The summed E-state index contributed by atoms with van der Waals surface area (Å²) in [5.74, 6) is 1.67. The van der Waals surface area contributed by atoms with E-state index in [9.17, 15) is 4.79 Å². The number of nitrogens with zero attached hydrogens (tertiary/aromatic N) is 6. The van der Waals surface area contributed by atoms with Gasteiger partial charge in [-0.05, 0) is 80.7 Å². The van der Waals surface area contributed by atoms with Crippen LogP contribution in [0.4, 0.5) is 11.5 Å². The number of carbonyl (C=O) groups excluding carboxylic acids is 1. The molecule has 6 rings (SSSR count). The van der Waals surface area contributed by atoms with Crippen LogP contribution in [0.1, 0.15) is 41.6 Å². The molecule has 0 amide bonds. The Morgan fingerprint density at radius 1 is 0.917 bits per heavy atom. The van der Waals surface area contributed by atoms with Crippen molar-refractivity contribution in [3.8, 4) is 5.69 Å². The third-order valence-corrected chi connectivity index (χ3v) is 7.65. The molecule has 1 N–H and O–H groups in total. The molecule has 2 aliphatic heterocycles. The van der Waals surface area contributed by atoms with E-state index in [-0.39, 0.29) is 5.78 Å². The summed E-state index contributed by atoms with van der Waals surface area (Å²) >= 11 is 0. The van der Waals surface area contributed by atoms with Crippen LogP contribution in [-0.2, 0) is 7.05 Å². The number of hydrogen-bond acceptors (Lipinski definition) is 6. The molecular weight excluding hydrogens is 450 g/mol. The highest BCUT2D eigenvalue weighted by molar-refractivity contribution is 5.94. The minimum Gasteiger partial charge on any atom is -0.368 e. The molecule has 0 spiro atoms. The third-order valence-electron chi connectivity index (χ3n) is 7.65. The molecule has 3 aromatic heterocycles. The summed E-state index contributed by atoms with van der Waals surface area (Å²) < 4.78 is 4.10. The normalized spacial score (nSPS) is 17.2. The number of aromatic nitrogens is 4. The van der Waals surface area contributed by atoms with Gasteiger partial charge in [0.05, 0.1) is 22.9 Å². The highest BCUT2D eigenvalue weighted by atomic mass is 16.1. The fraction of sp³-hybridized carbons (Fsp3) is 0.393. The first-order valence-electron chi connectivity index (χ1n) is 12.9. The summed E-state index contributed by atoms with van der Waals surface area (Å²) in [5.41, 5.74) is 6.61. The van der Waals surface area contributed by atoms with Crippen LogP contribution >= 0.6 is 0 Å². The molecule has 0 aliphatic carbocycles. The van der Waals surface area contributed by atoms with Crippen LogP contribution in [0.25, 0.3) is 16.7 Å². The topological polar surface area (TPSA) is 71.2 Å². The van der Waals surface area contributed by atoms with Crippen molar-refractivity contribution in [2.75, 3.05) is 49.1 Å². The minimum atomic E-state index is 0.106. The Kier molecular flexibility index (Phi) is 5.97. The number of ketones is 1. The predicted molar refractivity (Wildman–Crippen MR) is 144 cm³/mol. The molecule has 2 fully saturated rings. The maximum Gasteiger partial charge on any atom is 0.159 e. The summed E-state index contributed by atoms with van der Waals surface area (Å²) in [4.78, 5) is 21.6. The van der Waals surface area contributed by atoms with Crippen LogP contribution in [-0.4, -0.2) is 64.4 Å². The lowest BCUT2D eigenvalue weighted by Gasteiger charge is -2.36. The van der Waals surface area contributed by atoms with E-state index in [1.54, 1.807) is 6.92 Å². The first kappa shape index (κ1) is 22.8. The Hall–Kier alpha value is -3.65. The highest BCUT2D eigenvalue weighted by Gasteiger charge is 2.24. The van der Waals surface area contributed by atoms with Crippen molar-refractivity contribution < 1.29 is 4.79 Å². The van der Waals surface area contributed by atoms with Crippen LogP contribution in [0, 0.1) is 0 Å². The van der Waals surface area contributed by atoms with Gasteiger partial charge in [0.15, 0.2) is 5.78 Å². The largest absolute Gasteiger partial charge is 0.368 e. The quantitative estimate of drug-likeness (QED) is 0.436. The number of Topliss-reactive ketones (excluding diaryl/α,β-unsaturated/α-hetero) is 1. The number of piperidine rings is 1. The molecule has 8 heteroatoms. The second-order valence-electron chi connectivity index (χ2n) is 9.97. The van der Waals surface area contributed by atoms with Crippen molar-refractivity contribution in [3.63, 3.8) is 0 Å². The van der Waals surface area contributed by atoms with E-state index in [0.29, 0.717) is 5.92 Å². The molecule has 36 heavy (non-hydrogen) atoms. The van der Waals surface area contributed by atoms with Gasteiger partial charge in [-0.2, -0.15) is 5.10 Å². The van der Waals surface area contributed by atoms with Gasteiger partial charge in [-0.3, -0.25) is 9.48 Å². The first-order chi connectivity index (χ1) is 17.6. The minimum absolute atomic E-state index is 0.106. The van der Waals surface area contributed by atoms with E-state index >= 15 is 0 Å². The Bertz CT molecular complexity index is 1370. The zero-order chi connectivity index (χ0) is 24.6. The Balaban J connectivity index is 1.27. The van der Waals surface area contributed by atoms with Crippen LogP contribution in [0.3, 0.4) is 0 Å². The molecule has 8 nitrogen and oxygen atoms in total. The monoisotopic (exact) mass is 483 g/mol. The Morgan fingerprint density at radius 2 is 1.64 bits per heavy atom.